The minimum Gasteiger partial charge on any atom is -0.389 e. The van der Waals surface area contributed by atoms with Crippen LogP contribution in [-0.2, 0) is 4.74 Å². The number of rotatable bonds is 2. The normalized spacial score (nSPS) is 24.2. The van der Waals surface area contributed by atoms with E-state index >= 15 is 0 Å². The van der Waals surface area contributed by atoms with Gasteiger partial charge in [-0.15, -0.1) is 0 Å². The number of allylic oxidation sites excluding steroid dienone is 1. The van der Waals surface area contributed by atoms with Crippen molar-refractivity contribution in [1.29, 1.82) is 0 Å². The SMILES string of the molecule is CC(O)/C=C/C1CCOCC1. The molecule has 0 aromatic heterocycles. The first-order chi connectivity index (χ1) is 5.29. The van der Waals surface area contributed by atoms with E-state index in [2.05, 4.69) is 6.08 Å². The van der Waals surface area contributed by atoms with Crippen molar-refractivity contribution >= 4 is 0 Å². The minimum atomic E-state index is -0.308. The molecule has 0 saturated carbocycles. The summed E-state index contributed by atoms with van der Waals surface area (Å²) in [7, 11) is 0. The van der Waals surface area contributed by atoms with Crippen molar-refractivity contribution in [3.63, 3.8) is 0 Å². The Labute approximate surface area is 67.9 Å². The van der Waals surface area contributed by atoms with Gasteiger partial charge in [0.2, 0.25) is 0 Å². The topological polar surface area (TPSA) is 29.5 Å². The van der Waals surface area contributed by atoms with Crippen LogP contribution in [0.15, 0.2) is 12.2 Å². The Morgan fingerprint density at radius 2 is 2.09 bits per heavy atom. The second-order valence-electron chi connectivity index (χ2n) is 3.08. The fourth-order valence-corrected chi connectivity index (χ4v) is 1.23. The largest absolute Gasteiger partial charge is 0.389 e. The van der Waals surface area contributed by atoms with E-state index in [9.17, 15) is 0 Å². The van der Waals surface area contributed by atoms with Gasteiger partial charge >= 0.3 is 0 Å². The maximum atomic E-state index is 8.96. The summed E-state index contributed by atoms with van der Waals surface area (Å²) < 4.78 is 5.21. The summed E-state index contributed by atoms with van der Waals surface area (Å²) in [6, 6.07) is 0. The van der Waals surface area contributed by atoms with Crippen LogP contribution in [0.5, 0.6) is 0 Å². The molecule has 0 radical (unpaired) electrons. The lowest BCUT2D eigenvalue weighted by Gasteiger charge is -2.18. The molecule has 0 spiro atoms. The average Bonchev–Trinajstić information content (AvgIpc) is 2.03. The zero-order chi connectivity index (χ0) is 8.10. The van der Waals surface area contributed by atoms with Crippen LogP contribution in [0.25, 0.3) is 0 Å². The molecule has 0 aliphatic carbocycles. The first kappa shape index (κ1) is 8.75. The molecule has 2 nitrogen and oxygen atoms in total. The van der Waals surface area contributed by atoms with Gasteiger partial charge < -0.3 is 9.84 Å². The molecule has 11 heavy (non-hydrogen) atoms. The molecule has 0 aromatic rings. The van der Waals surface area contributed by atoms with E-state index in [-0.39, 0.29) is 6.10 Å². The molecule has 1 fully saturated rings. The standard InChI is InChI=1S/C9H16O2/c1-8(10)2-3-9-4-6-11-7-5-9/h2-3,8-10H,4-7H2,1H3/b3-2+. The van der Waals surface area contributed by atoms with E-state index < -0.39 is 0 Å². The number of ether oxygens (including phenoxy) is 1. The molecule has 2 heteroatoms. The van der Waals surface area contributed by atoms with Crippen molar-refractivity contribution < 1.29 is 9.84 Å². The molecule has 1 aliphatic heterocycles. The van der Waals surface area contributed by atoms with Crippen LogP contribution in [0.2, 0.25) is 0 Å². The quantitative estimate of drug-likeness (QED) is 0.611. The zero-order valence-corrected chi connectivity index (χ0v) is 6.99. The van der Waals surface area contributed by atoms with Gasteiger partial charge in [0.15, 0.2) is 0 Å². The summed E-state index contributed by atoms with van der Waals surface area (Å²) in [6.07, 6.45) is 5.85. The van der Waals surface area contributed by atoms with E-state index in [0.29, 0.717) is 5.92 Å². The molecule has 1 aliphatic rings. The minimum absolute atomic E-state index is 0.308. The van der Waals surface area contributed by atoms with Crippen LogP contribution in [0.1, 0.15) is 19.8 Å². The Hall–Kier alpha value is -0.340. The molecule has 1 unspecified atom stereocenters. The van der Waals surface area contributed by atoms with Gasteiger partial charge in [0.1, 0.15) is 0 Å². The Morgan fingerprint density at radius 3 is 2.64 bits per heavy atom. The predicted octanol–water partition coefficient (Wildman–Crippen LogP) is 1.35. The van der Waals surface area contributed by atoms with Crippen LogP contribution in [0.3, 0.4) is 0 Å². The van der Waals surface area contributed by atoms with Crippen molar-refractivity contribution in [3.8, 4) is 0 Å². The summed E-state index contributed by atoms with van der Waals surface area (Å²) in [4.78, 5) is 0. The summed E-state index contributed by atoms with van der Waals surface area (Å²) in [5, 5.41) is 8.96. The molecule has 1 rings (SSSR count). The summed E-state index contributed by atoms with van der Waals surface area (Å²) in [5.41, 5.74) is 0. The lowest BCUT2D eigenvalue weighted by molar-refractivity contribution is 0.0782. The zero-order valence-electron chi connectivity index (χ0n) is 6.99. The summed E-state index contributed by atoms with van der Waals surface area (Å²) in [6.45, 7) is 3.51. The Kier molecular flexibility index (Phi) is 3.60. The van der Waals surface area contributed by atoms with Crippen molar-refractivity contribution in [2.45, 2.75) is 25.9 Å². The molecular formula is C9H16O2. The second kappa shape index (κ2) is 4.52. The van der Waals surface area contributed by atoms with Crippen LogP contribution >= 0.6 is 0 Å². The highest BCUT2D eigenvalue weighted by Gasteiger charge is 2.09. The lowest BCUT2D eigenvalue weighted by Crippen LogP contribution is -2.14. The molecule has 0 aromatic carbocycles. The van der Waals surface area contributed by atoms with E-state index in [1.54, 1.807) is 6.92 Å². The number of hydrogen-bond acceptors (Lipinski definition) is 2. The van der Waals surface area contributed by atoms with Gasteiger partial charge in [-0.1, -0.05) is 12.2 Å². The van der Waals surface area contributed by atoms with Gasteiger partial charge in [-0.2, -0.15) is 0 Å². The van der Waals surface area contributed by atoms with Gasteiger partial charge in [0, 0.05) is 13.2 Å². The van der Waals surface area contributed by atoms with Crippen molar-refractivity contribution in [2.24, 2.45) is 5.92 Å². The third kappa shape index (κ3) is 3.54. The molecule has 64 valence electrons. The molecule has 1 atom stereocenters. The molecule has 1 heterocycles. The van der Waals surface area contributed by atoms with Crippen molar-refractivity contribution in [2.75, 3.05) is 13.2 Å². The fraction of sp³-hybridized carbons (Fsp3) is 0.778. The van der Waals surface area contributed by atoms with Crippen molar-refractivity contribution in [3.05, 3.63) is 12.2 Å². The summed E-state index contributed by atoms with van der Waals surface area (Å²) in [5.74, 6) is 0.623. The van der Waals surface area contributed by atoms with Gasteiger partial charge in [-0.05, 0) is 25.7 Å². The van der Waals surface area contributed by atoms with E-state index in [1.807, 2.05) is 6.08 Å². The second-order valence-corrected chi connectivity index (χ2v) is 3.08. The Bertz CT molecular complexity index is 124. The number of hydrogen-bond donors (Lipinski definition) is 1. The van der Waals surface area contributed by atoms with E-state index in [1.165, 1.54) is 0 Å². The predicted molar refractivity (Wildman–Crippen MR) is 44.4 cm³/mol. The van der Waals surface area contributed by atoms with Gasteiger partial charge in [0.05, 0.1) is 6.10 Å². The average molecular weight is 156 g/mol. The van der Waals surface area contributed by atoms with Gasteiger partial charge in [0.25, 0.3) is 0 Å². The third-order valence-corrected chi connectivity index (χ3v) is 1.93. The third-order valence-electron chi connectivity index (χ3n) is 1.93. The lowest BCUT2D eigenvalue weighted by atomic mass is 9.99. The molecule has 1 saturated heterocycles. The number of aliphatic hydroxyl groups is 1. The molecule has 0 bridgehead atoms. The first-order valence-electron chi connectivity index (χ1n) is 4.23. The van der Waals surface area contributed by atoms with Gasteiger partial charge in [-0.25, -0.2) is 0 Å². The number of aliphatic hydroxyl groups excluding tert-OH is 1. The van der Waals surface area contributed by atoms with Crippen LogP contribution in [-0.4, -0.2) is 24.4 Å². The van der Waals surface area contributed by atoms with Crippen LogP contribution < -0.4 is 0 Å². The Balaban J connectivity index is 2.23. The Morgan fingerprint density at radius 1 is 1.45 bits per heavy atom. The molecular weight excluding hydrogens is 140 g/mol. The highest BCUT2D eigenvalue weighted by Crippen LogP contribution is 2.15. The van der Waals surface area contributed by atoms with Crippen LogP contribution in [0, 0.1) is 5.92 Å². The van der Waals surface area contributed by atoms with Gasteiger partial charge in [-0.3, -0.25) is 0 Å². The maximum Gasteiger partial charge on any atom is 0.0692 e. The van der Waals surface area contributed by atoms with E-state index in [0.717, 1.165) is 26.1 Å². The van der Waals surface area contributed by atoms with Crippen molar-refractivity contribution in [1.82, 2.24) is 0 Å². The fourth-order valence-electron chi connectivity index (χ4n) is 1.23. The van der Waals surface area contributed by atoms with E-state index in [4.69, 9.17) is 9.84 Å². The highest BCUT2D eigenvalue weighted by molar-refractivity contribution is 4.92. The monoisotopic (exact) mass is 156 g/mol. The maximum absolute atomic E-state index is 8.96. The summed E-state index contributed by atoms with van der Waals surface area (Å²) >= 11 is 0. The first-order valence-corrected chi connectivity index (χ1v) is 4.23. The highest BCUT2D eigenvalue weighted by atomic mass is 16.5. The van der Waals surface area contributed by atoms with Crippen LogP contribution in [0.4, 0.5) is 0 Å². The molecule has 1 N–H and O–H groups in total. The smallest absolute Gasteiger partial charge is 0.0692 e. The molecule has 0 amide bonds.